The third-order valence-electron chi connectivity index (χ3n) is 16.3. The van der Waals surface area contributed by atoms with Gasteiger partial charge in [-0.2, -0.15) is 0 Å². The van der Waals surface area contributed by atoms with Crippen molar-refractivity contribution in [2.24, 2.45) is 44.4 Å². The van der Waals surface area contributed by atoms with Crippen LogP contribution in [0.4, 0.5) is 0 Å². The minimum absolute atomic E-state index is 0.0125. The summed E-state index contributed by atoms with van der Waals surface area (Å²) in [7, 11) is 4.88. The van der Waals surface area contributed by atoms with Crippen molar-refractivity contribution in [1.82, 2.24) is 63.0 Å². The molecule has 1 aromatic rings. The first kappa shape index (κ1) is 86.5. The minimum Gasteiger partial charge on any atom is -0.481 e. The third kappa shape index (κ3) is 30.5. The topological polar surface area (TPSA) is 621 Å². The first-order valence-electron chi connectivity index (χ1n) is 33.8. The van der Waals surface area contributed by atoms with E-state index < -0.39 is 175 Å². The van der Waals surface area contributed by atoms with Crippen LogP contribution < -0.4 is 87.6 Å². The number of benzene rings is 1. The van der Waals surface area contributed by atoms with Gasteiger partial charge in [-0.3, -0.25) is 86.7 Å². The number of rotatable bonds is 18. The number of aliphatic imine (C=N–C) groups is 2. The van der Waals surface area contributed by atoms with Crippen molar-refractivity contribution >= 4 is 156 Å². The van der Waals surface area contributed by atoms with Crippen molar-refractivity contribution < 1.29 is 86.9 Å². The van der Waals surface area contributed by atoms with Gasteiger partial charge in [0.15, 0.2) is 11.9 Å². The molecule has 4 saturated heterocycles. The number of carboxylic acids is 2. The molecule has 9 atom stereocenters. The van der Waals surface area contributed by atoms with Gasteiger partial charge in [-0.15, -0.1) is 0 Å². The molecule has 42 heteroatoms. The van der Waals surface area contributed by atoms with E-state index in [-0.39, 0.29) is 98.8 Å². The molecule has 38 nitrogen and oxygen atoms in total. The van der Waals surface area contributed by atoms with Gasteiger partial charge in [0.25, 0.3) is 5.91 Å². The molecule has 9 unspecified atom stereocenters. The summed E-state index contributed by atoms with van der Waals surface area (Å²) in [5, 5.41) is 44.0. The number of unbranched alkanes of at least 4 members (excludes halogenated alkanes) is 2. The molecule has 0 radical (unpaired) electrons. The predicted molar refractivity (Wildman–Crippen MR) is 394 cm³/mol. The number of primary amides is 2. The van der Waals surface area contributed by atoms with E-state index in [2.05, 4.69) is 63.2 Å². The Labute approximate surface area is 625 Å². The minimum atomic E-state index is -1.70. The molecule has 4 heterocycles. The van der Waals surface area contributed by atoms with Gasteiger partial charge in [0.05, 0.1) is 25.9 Å². The van der Waals surface area contributed by atoms with E-state index in [0.29, 0.717) is 62.6 Å². The lowest BCUT2D eigenvalue weighted by atomic mass is 10.0. The maximum absolute atomic E-state index is 14.0. The first-order valence-corrected chi connectivity index (χ1v) is 38.8. The van der Waals surface area contributed by atoms with Crippen LogP contribution in [0.25, 0.3) is 6.08 Å². The van der Waals surface area contributed by atoms with Gasteiger partial charge in [0.2, 0.25) is 76.8 Å². The van der Waals surface area contributed by atoms with Crippen LogP contribution in [0.2, 0.25) is 0 Å². The van der Waals surface area contributed by atoms with E-state index in [4.69, 9.17) is 34.4 Å². The Morgan fingerprint density at radius 1 is 0.528 bits per heavy atom. The number of nitrogens with two attached hydrogens (primary N) is 6. The summed E-state index contributed by atoms with van der Waals surface area (Å²) in [5.41, 5.74) is 33.1. The van der Waals surface area contributed by atoms with Crippen LogP contribution in [-0.4, -0.2) is 243 Å². The number of fused-ring (bicyclic) bond motifs is 2. The number of nitrogens with zero attached hydrogens (tertiary/aromatic N) is 4. The lowest BCUT2D eigenvalue weighted by Gasteiger charge is -2.30. The molecule has 0 aromatic heterocycles. The van der Waals surface area contributed by atoms with Crippen LogP contribution in [0.15, 0.2) is 69.8 Å². The summed E-state index contributed by atoms with van der Waals surface area (Å²) in [4.78, 5) is 218. The molecule has 580 valence electrons. The zero-order valence-corrected chi connectivity index (χ0v) is 61.1. The number of guanidine groups is 2. The number of allylic oxidation sites excluding steroid dienone is 2. The van der Waals surface area contributed by atoms with Gasteiger partial charge in [0, 0.05) is 62.0 Å². The summed E-state index contributed by atoms with van der Waals surface area (Å²) in [6.07, 6.45) is 8.64. The van der Waals surface area contributed by atoms with E-state index in [1.807, 2.05) is 0 Å². The summed E-state index contributed by atoms with van der Waals surface area (Å²) in [6.45, 7) is -0.463. The van der Waals surface area contributed by atoms with E-state index in [1.54, 1.807) is 48.6 Å². The Balaban J connectivity index is 0.000000381. The van der Waals surface area contributed by atoms with Crippen LogP contribution in [0.5, 0.6) is 0 Å². The normalized spacial score (nSPS) is 24.7. The SMILES string of the molecule is NC(=O)C1CSSCCC(=O)NC(CCCCN=C(N)N)C(=O)NCC(=O)NC(CC(=O)O)C(=O)N/C(=C/c2ccccc2)C(=O)N2CCCC2C(=O)N1.NC(=O)C1CSSCCC(=O)NC(CCCCN=C(N)N)C(=O)NCC(=O)NC(CC(=O)O)C(=O)NC(C2=CCC=C2)C(=O)N2CCCC2C(=O)N1. The summed E-state index contributed by atoms with van der Waals surface area (Å²) >= 11 is 0. The van der Waals surface area contributed by atoms with Gasteiger partial charge in [-0.05, 0) is 87.8 Å². The molecule has 0 bridgehead atoms. The number of carboxylic acid groups (broad SMARTS) is 2. The third-order valence-corrected chi connectivity index (χ3v) is 21.1. The van der Waals surface area contributed by atoms with Crippen LogP contribution in [0.3, 0.4) is 0 Å². The Morgan fingerprint density at radius 3 is 1.44 bits per heavy atom. The Kier molecular flexibility index (Phi) is 37.0. The molecule has 4 aliphatic heterocycles. The molecule has 4 fully saturated rings. The monoisotopic (exact) mass is 1560 g/mol. The second-order valence-corrected chi connectivity index (χ2v) is 29.7. The Hall–Kier alpha value is -10.1. The summed E-state index contributed by atoms with van der Waals surface area (Å²) in [6, 6.07) is -2.62. The van der Waals surface area contributed by atoms with E-state index in [9.17, 15) is 86.9 Å². The Bertz CT molecular complexity index is 3520. The van der Waals surface area contributed by atoms with Gasteiger partial charge in [-0.25, -0.2) is 0 Å². The molecule has 1 aromatic carbocycles. The van der Waals surface area contributed by atoms with Crippen molar-refractivity contribution in [2.75, 3.05) is 62.3 Å². The maximum atomic E-state index is 14.0. The highest BCUT2D eigenvalue weighted by Crippen LogP contribution is 2.28. The van der Waals surface area contributed by atoms with Crippen molar-refractivity contribution in [3.63, 3.8) is 0 Å². The van der Waals surface area contributed by atoms with Gasteiger partial charge >= 0.3 is 11.9 Å². The maximum Gasteiger partial charge on any atom is 0.305 e. The average Bonchev–Trinajstić information content (AvgIpc) is 1.61. The summed E-state index contributed by atoms with van der Waals surface area (Å²) < 4.78 is 0. The van der Waals surface area contributed by atoms with E-state index in [0.717, 1.165) is 0 Å². The average molecular weight is 1560 g/mol. The predicted octanol–water partition coefficient (Wildman–Crippen LogP) is -5.00. The first-order chi connectivity index (χ1) is 50.5. The van der Waals surface area contributed by atoms with Gasteiger partial charge < -0.3 is 108 Å². The number of carbonyl (C=O) groups is 16. The fraction of sp³-hybridized carbons (Fsp3) is 0.531. The quantitative estimate of drug-likeness (QED) is 0.0215. The number of hydrogen-bond donors (Lipinski definition) is 18. The van der Waals surface area contributed by atoms with Crippen molar-refractivity contribution in [1.29, 1.82) is 0 Å². The molecule has 6 rings (SSSR count). The Morgan fingerprint density at radius 2 is 0.991 bits per heavy atom. The second kappa shape index (κ2) is 45.3. The van der Waals surface area contributed by atoms with Crippen LogP contribution >= 0.6 is 43.2 Å². The summed E-state index contributed by atoms with van der Waals surface area (Å²) in [5.74, 6) is -12.9. The van der Waals surface area contributed by atoms with E-state index in [1.165, 1.54) is 59.1 Å². The molecule has 1 aliphatic carbocycles. The zero-order chi connectivity index (χ0) is 77.8. The fourth-order valence-corrected chi connectivity index (χ4v) is 15.3. The number of hydrogen-bond acceptors (Lipinski definition) is 22. The zero-order valence-electron chi connectivity index (χ0n) is 57.9. The molecular weight excluding hydrogens is 1470 g/mol. The highest BCUT2D eigenvalue weighted by atomic mass is 33.1. The van der Waals surface area contributed by atoms with Crippen LogP contribution in [0.1, 0.15) is 102 Å². The van der Waals surface area contributed by atoms with Crippen molar-refractivity contribution in [3.05, 3.63) is 65.4 Å². The largest absolute Gasteiger partial charge is 0.481 e. The second-order valence-electron chi connectivity index (χ2n) is 24.4. The smallest absolute Gasteiger partial charge is 0.305 e. The standard InChI is InChI=1S/C33H46N10O9S2.C31H46N10O9S2/c34-28(48)23-18-54-53-14-11-25(44)39-20(9-4-5-12-37-33(35)36)29(49)38-17-26(45)40-21(16-27(46)47)30(50)41-22(15-19-7-2-1-3-8-19)32(52)43-13-6-10-24(43)31(51)42-23;32-26(46)20-16-52-51-13-10-22(42)37-18(8-3-4-11-35-31(33)34)27(47)36-15-23(43)38-19(14-24(44)45)28(48)40-25(17-6-1-2-7-17)30(50)41-12-5-9-21(41)29(49)39-20/h1-3,7-8,15,20-21,23-24H,4-6,9-14,16-18H2,(H2,34,48)(H,38,49)(H,39,44)(H,40,45)(H,41,50)(H,42,51)(H,46,47)(H4,35,36,37);1,6-7,18-21,25H,2-5,8-16H2,(H2,32,46)(H,36,47)(H,37,42)(H,38,43)(H,39,49)(H,40,48)(H,44,45)(H4,33,34,35)/b22-15+;. The van der Waals surface area contributed by atoms with Crippen LogP contribution in [-0.2, 0) is 76.7 Å². The number of amides is 14. The van der Waals surface area contributed by atoms with E-state index >= 15 is 0 Å². The molecule has 14 amide bonds. The molecule has 24 N–H and O–H groups in total. The number of aliphatic carboxylic acids is 2. The molecule has 106 heavy (non-hydrogen) atoms. The lowest BCUT2D eigenvalue weighted by Crippen LogP contribution is -2.59. The number of carbonyl (C=O) groups excluding carboxylic acids is 14. The van der Waals surface area contributed by atoms with Crippen LogP contribution in [0, 0.1) is 0 Å². The molecular formula is C64H92N20O18S4. The molecule has 0 spiro atoms. The van der Waals surface area contributed by atoms with Gasteiger partial charge in [-0.1, -0.05) is 91.7 Å². The number of nitrogens with one attached hydrogen (secondary N) is 10. The molecule has 5 aliphatic rings. The fourth-order valence-electron chi connectivity index (χ4n) is 11.0. The highest BCUT2D eigenvalue weighted by Gasteiger charge is 2.42. The van der Waals surface area contributed by atoms with Crippen molar-refractivity contribution in [2.45, 2.75) is 151 Å². The lowest BCUT2D eigenvalue weighted by molar-refractivity contribution is -0.143. The van der Waals surface area contributed by atoms with Gasteiger partial charge in [0.1, 0.15) is 60.1 Å². The highest BCUT2D eigenvalue weighted by molar-refractivity contribution is 8.77. The van der Waals surface area contributed by atoms with Crippen molar-refractivity contribution in [3.8, 4) is 0 Å². The molecule has 0 saturated carbocycles.